The molecule has 0 bridgehead atoms. The van der Waals surface area contributed by atoms with E-state index in [2.05, 4.69) is 26.7 Å². The van der Waals surface area contributed by atoms with Gasteiger partial charge in [0.1, 0.15) is 62.1 Å². The fourth-order valence-electron chi connectivity index (χ4n) is 6.99. The van der Waals surface area contributed by atoms with Gasteiger partial charge in [-0.3, -0.25) is 15.0 Å². The van der Waals surface area contributed by atoms with Crippen LogP contribution in [0.2, 0.25) is 10.0 Å². The van der Waals surface area contributed by atoms with E-state index in [9.17, 15) is 24.5 Å². The van der Waals surface area contributed by atoms with Crippen molar-refractivity contribution >= 4 is 75.8 Å². The Balaban J connectivity index is 1.58. The maximum atomic E-state index is 14.5. The van der Waals surface area contributed by atoms with E-state index in [1.54, 1.807) is 47.6 Å². The van der Waals surface area contributed by atoms with Crippen molar-refractivity contribution in [3.63, 3.8) is 0 Å². The summed E-state index contributed by atoms with van der Waals surface area (Å²) in [5, 5.41) is 12.4. The Bertz CT molecular complexity index is 2050. The zero-order valence-corrected chi connectivity index (χ0v) is 35.9. The lowest BCUT2D eigenvalue weighted by atomic mass is 9.86. The molecule has 4 amide bonds. The van der Waals surface area contributed by atoms with E-state index in [1.165, 1.54) is 45.5 Å². The Morgan fingerprint density at radius 1 is 0.879 bits per heavy atom. The maximum Gasteiger partial charge on any atom is 0.423 e. The van der Waals surface area contributed by atoms with Crippen LogP contribution in [-0.4, -0.2) is 103 Å². The number of urea groups is 1. The molecule has 17 nitrogen and oxygen atoms in total. The van der Waals surface area contributed by atoms with Crippen molar-refractivity contribution in [2.45, 2.75) is 72.5 Å². The van der Waals surface area contributed by atoms with Gasteiger partial charge >= 0.3 is 18.2 Å². The summed E-state index contributed by atoms with van der Waals surface area (Å²) in [7, 11) is 3.96. The normalized spacial score (nSPS) is 16.9. The van der Waals surface area contributed by atoms with Gasteiger partial charge in [-0.1, -0.05) is 30.1 Å². The molecule has 1 spiro atoms. The highest BCUT2D eigenvalue weighted by Crippen LogP contribution is 2.47. The van der Waals surface area contributed by atoms with E-state index in [4.69, 9.17) is 42.1 Å². The van der Waals surface area contributed by atoms with Gasteiger partial charge in [0.25, 0.3) is 5.69 Å². The minimum absolute atomic E-state index is 0.0396. The summed E-state index contributed by atoms with van der Waals surface area (Å²) in [5.74, 6) is -0.238. The molecule has 3 aromatic rings. The molecular formula is C39H50Cl2N8O9. The molecule has 0 radical (unpaired) electrons. The number of nitro groups is 1. The third-order valence-corrected chi connectivity index (χ3v) is 10.5. The second-order valence-electron chi connectivity index (χ2n) is 16.2. The molecule has 2 fully saturated rings. The SMILES string of the molecule is CCN1CCC2(CCN(c3ccc(N(C(=O)OC(C)(C)C)c4cc(N(C)C(=O)N(C(=O)OC(C)(C)C)c5c(Cl)c(OC)cc(OC)c5Cl)ncn4)c([N+](=O)[O-])c3)C2)C1. The molecule has 2 aromatic carbocycles. The molecule has 0 saturated carbocycles. The van der Waals surface area contributed by atoms with Crippen molar-refractivity contribution in [1.29, 1.82) is 0 Å². The van der Waals surface area contributed by atoms with E-state index >= 15 is 0 Å². The number of carbonyl (C=O) groups excluding carboxylic acids is 3. The fraction of sp³-hybridized carbons (Fsp3) is 0.513. The van der Waals surface area contributed by atoms with Crippen LogP contribution in [0.1, 0.15) is 61.3 Å². The summed E-state index contributed by atoms with van der Waals surface area (Å²) >= 11 is 13.4. The lowest BCUT2D eigenvalue weighted by molar-refractivity contribution is -0.384. The first-order valence-electron chi connectivity index (χ1n) is 18.6. The van der Waals surface area contributed by atoms with Gasteiger partial charge in [0.15, 0.2) is 0 Å². The van der Waals surface area contributed by atoms with Crippen molar-refractivity contribution < 1.29 is 38.3 Å². The molecule has 1 unspecified atom stereocenters. The zero-order valence-electron chi connectivity index (χ0n) is 34.4. The van der Waals surface area contributed by atoms with Crippen LogP contribution in [0.4, 0.5) is 48.8 Å². The summed E-state index contributed by atoms with van der Waals surface area (Å²) in [5.41, 5.74) is -2.14. The molecule has 2 saturated heterocycles. The molecule has 5 rings (SSSR count). The number of rotatable bonds is 9. The number of likely N-dealkylation sites (tertiary alicyclic amines) is 1. The number of ether oxygens (including phenoxy) is 4. The van der Waals surface area contributed by atoms with Crippen LogP contribution >= 0.6 is 23.2 Å². The maximum absolute atomic E-state index is 14.5. The average molecular weight is 846 g/mol. The van der Waals surface area contributed by atoms with Crippen molar-refractivity contribution in [3.8, 4) is 11.5 Å². The number of benzene rings is 2. The lowest BCUT2D eigenvalue weighted by Crippen LogP contribution is -2.47. The van der Waals surface area contributed by atoms with Crippen LogP contribution in [0.15, 0.2) is 36.7 Å². The third-order valence-electron chi connectivity index (χ3n) is 9.78. The van der Waals surface area contributed by atoms with Crippen molar-refractivity contribution in [2.24, 2.45) is 5.41 Å². The van der Waals surface area contributed by atoms with Crippen molar-refractivity contribution in [3.05, 3.63) is 56.8 Å². The molecule has 2 aliphatic rings. The molecule has 1 aromatic heterocycles. The van der Waals surface area contributed by atoms with Gasteiger partial charge in [-0.15, -0.1) is 0 Å². The first-order valence-corrected chi connectivity index (χ1v) is 19.4. The van der Waals surface area contributed by atoms with Crippen LogP contribution in [-0.2, 0) is 9.47 Å². The monoisotopic (exact) mass is 844 g/mol. The average Bonchev–Trinajstić information content (AvgIpc) is 3.77. The predicted octanol–water partition coefficient (Wildman–Crippen LogP) is 8.70. The summed E-state index contributed by atoms with van der Waals surface area (Å²) in [6.07, 6.45) is 0.950. The number of halogens is 2. The first kappa shape index (κ1) is 44.0. The first-order chi connectivity index (χ1) is 27.1. The van der Waals surface area contributed by atoms with Crippen LogP contribution in [0.5, 0.6) is 11.5 Å². The topological polar surface area (TPSA) is 173 Å². The molecular weight excluding hydrogens is 795 g/mol. The number of nitro benzene ring substituents is 1. The second kappa shape index (κ2) is 17.0. The van der Waals surface area contributed by atoms with Gasteiger partial charge in [0.05, 0.1) is 19.1 Å². The number of nitrogens with zero attached hydrogens (tertiary/aromatic N) is 8. The standard InChI is InChI=1S/C39H50Cl2N8O9/c1-11-45-16-14-39(21-45)15-17-46(22-39)24-12-13-25(26(18-24)49(53)54)47(35(51)57-37(2,3)4)30-20-29(42-23-43-30)44(8)34(50)48(36(52)58-38(5,6)7)33-31(40)27(55-9)19-28(56-10)32(33)41/h12-13,18-20,23H,11,14-17,21-22H2,1-10H3. The summed E-state index contributed by atoms with van der Waals surface area (Å²) in [6, 6.07) is 6.25. The summed E-state index contributed by atoms with van der Waals surface area (Å²) in [4.78, 5) is 70.2. The number of aromatic nitrogens is 2. The Morgan fingerprint density at radius 2 is 1.47 bits per heavy atom. The Labute approximate surface area is 347 Å². The molecule has 2 aliphatic heterocycles. The van der Waals surface area contributed by atoms with Gasteiger partial charge in [0.2, 0.25) is 0 Å². The number of imide groups is 1. The van der Waals surface area contributed by atoms with E-state index in [1.807, 2.05) is 0 Å². The van der Waals surface area contributed by atoms with Gasteiger partial charge in [-0.2, -0.15) is 4.90 Å². The quantitative estimate of drug-likeness (QED) is 0.148. The summed E-state index contributed by atoms with van der Waals surface area (Å²) in [6.45, 7) is 16.4. The van der Waals surface area contributed by atoms with Gasteiger partial charge < -0.3 is 28.7 Å². The van der Waals surface area contributed by atoms with E-state index in [0.29, 0.717) is 10.6 Å². The number of anilines is 5. The Hall–Kier alpha value is -5.13. The highest BCUT2D eigenvalue weighted by atomic mass is 35.5. The van der Waals surface area contributed by atoms with Gasteiger partial charge in [-0.05, 0) is 79.6 Å². The van der Waals surface area contributed by atoms with E-state index in [0.717, 1.165) is 61.7 Å². The van der Waals surface area contributed by atoms with Crippen LogP contribution in [0.25, 0.3) is 0 Å². The minimum Gasteiger partial charge on any atom is -0.495 e. The molecule has 19 heteroatoms. The van der Waals surface area contributed by atoms with Gasteiger partial charge in [-0.25, -0.2) is 29.3 Å². The highest BCUT2D eigenvalue weighted by molar-refractivity contribution is 6.43. The van der Waals surface area contributed by atoms with Crippen LogP contribution in [0.3, 0.4) is 0 Å². The molecule has 0 aliphatic carbocycles. The molecule has 58 heavy (non-hydrogen) atoms. The molecule has 3 heterocycles. The van der Waals surface area contributed by atoms with Crippen LogP contribution in [0, 0.1) is 15.5 Å². The summed E-state index contributed by atoms with van der Waals surface area (Å²) < 4.78 is 22.1. The number of hydrogen-bond donors (Lipinski definition) is 0. The number of amides is 4. The fourth-order valence-corrected chi connectivity index (χ4v) is 7.66. The van der Waals surface area contributed by atoms with Crippen molar-refractivity contribution in [1.82, 2.24) is 14.9 Å². The molecule has 314 valence electrons. The van der Waals surface area contributed by atoms with Crippen LogP contribution < -0.4 is 29.1 Å². The van der Waals surface area contributed by atoms with Gasteiger partial charge in [0, 0.05) is 56.0 Å². The Morgan fingerprint density at radius 3 is 2.02 bits per heavy atom. The smallest absolute Gasteiger partial charge is 0.423 e. The third kappa shape index (κ3) is 9.42. The molecule has 1 atom stereocenters. The molecule has 0 N–H and O–H groups in total. The lowest BCUT2D eigenvalue weighted by Gasteiger charge is -2.31. The second-order valence-corrected chi connectivity index (χ2v) is 16.9. The largest absolute Gasteiger partial charge is 0.495 e. The number of hydrogen-bond acceptors (Lipinski definition) is 13. The minimum atomic E-state index is -1.15. The zero-order chi connectivity index (χ0) is 42.9. The predicted molar refractivity (Wildman–Crippen MR) is 222 cm³/mol. The van der Waals surface area contributed by atoms with Crippen molar-refractivity contribution in [2.75, 3.05) is 73.6 Å². The number of carbonyl (C=O) groups is 3. The van der Waals surface area contributed by atoms with E-state index < -0.39 is 34.3 Å². The van der Waals surface area contributed by atoms with E-state index in [-0.39, 0.29) is 55.7 Å². The number of methoxy groups -OCH3 is 2. The highest BCUT2D eigenvalue weighted by Gasteiger charge is 2.44. The Kier molecular flexibility index (Phi) is 12.9.